The fourth-order valence-electron chi connectivity index (χ4n) is 1.97. The maximum atomic E-state index is 12.2. The van der Waals surface area contributed by atoms with Crippen molar-refractivity contribution in [3.8, 4) is 5.75 Å². The molecule has 0 spiro atoms. The van der Waals surface area contributed by atoms with Gasteiger partial charge in [0.2, 0.25) is 0 Å². The Balaban J connectivity index is 2.20. The molecule has 0 heterocycles. The fraction of sp³-hybridized carbons (Fsp3) is 0.188. The Labute approximate surface area is 112 Å². The second-order valence-electron chi connectivity index (χ2n) is 4.51. The van der Waals surface area contributed by atoms with Gasteiger partial charge in [0.1, 0.15) is 5.75 Å². The zero-order valence-corrected chi connectivity index (χ0v) is 11.1. The molecule has 0 aliphatic rings. The molecule has 3 heteroatoms. The number of aromatic hydroxyl groups is 1. The summed E-state index contributed by atoms with van der Waals surface area (Å²) in [6, 6.07) is 12.5. The summed E-state index contributed by atoms with van der Waals surface area (Å²) < 4.78 is 0. The van der Waals surface area contributed by atoms with Crippen LogP contribution < -0.4 is 5.32 Å². The van der Waals surface area contributed by atoms with E-state index >= 15 is 0 Å². The molecule has 2 rings (SSSR count). The Morgan fingerprint density at radius 2 is 2.00 bits per heavy atom. The first kappa shape index (κ1) is 13.1. The van der Waals surface area contributed by atoms with E-state index in [4.69, 9.17) is 0 Å². The van der Waals surface area contributed by atoms with E-state index < -0.39 is 0 Å². The molecule has 0 saturated heterocycles. The van der Waals surface area contributed by atoms with E-state index in [9.17, 15) is 9.90 Å². The van der Waals surface area contributed by atoms with Crippen LogP contribution in [-0.4, -0.2) is 11.0 Å². The number of benzene rings is 2. The first-order valence-corrected chi connectivity index (χ1v) is 6.30. The summed E-state index contributed by atoms with van der Waals surface area (Å²) in [5, 5.41) is 12.2. The summed E-state index contributed by atoms with van der Waals surface area (Å²) >= 11 is 0. The van der Waals surface area contributed by atoms with Crippen molar-refractivity contribution >= 4 is 11.6 Å². The molecule has 19 heavy (non-hydrogen) atoms. The van der Waals surface area contributed by atoms with Crippen molar-refractivity contribution in [2.45, 2.75) is 20.3 Å². The van der Waals surface area contributed by atoms with Gasteiger partial charge in [0, 0.05) is 11.3 Å². The van der Waals surface area contributed by atoms with Gasteiger partial charge in [-0.25, -0.2) is 0 Å². The van der Waals surface area contributed by atoms with E-state index in [0.717, 1.165) is 17.7 Å². The number of carbonyl (C=O) groups excluding carboxylic acids is 1. The van der Waals surface area contributed by atoms with Gasteiger partial charge < -0.3 is 10.4 Å². The van der Waals surface area contributed by atoms with E-state index in [2.05, 4.69) is 12.2 Å². The number of phenols is 1. The molecule has 0 bridgehead atoms. The van der Waals surface area contributed by atoms with Crippen molar-refractivity contribution in [3.63, 3.8) is 0 Å². The van der Waals surface area contributed by atoms with E-state index in [-0.39, 0.29) is 11.7 Å². The second-order valence-corrected chi connectivity index (χ2v) is 4.51. The number of hydrogen-bond acceptors (Lipinski definition) is 2. The fourth-order valence-corrected chi connectivity index (χ4v) is 1.97. The Kier molecular flexibility index (Phi) is 3.85. The van der Waals surface area contributed by atoms with Crippen molar-refractivity contribution < 1.29 is 9.90 Å². The maximum absolute atomic E-state index is 12.2. The van der Waals surface area contributed by atoms with Crippen molar-refractivity contribution in [1.82, 2.24) is 0 Å². The predicted octanol–water partition coefficient (Wildman–Crippen LogP) is 3.52. The first-order chi connectivity index (χ1) is 9.10. The summed E-state index contributed by atoms with van der Waals surface area (Å²) in [7, 11) is 0. The standard InChI is InChI=1S/C16H17NO2/c1-3-12-5-4-6-13(10-12)17-16(19)15-8-7-14(18)9-11(15)2/h4-10,18H,3H2,1-2H3,(H,17,19). The van der Waals surface area contributed by atoms with Crippen LogP contribution in [0.1, 0.15) is 28.4 Å². The minimum Gasteiger partial charge on any atom is -0.508 e. The summed E-state index contributed by atoms with van der Waals surface area (Å²) in [6.45, 7) is 3.88. The van der Waals surface area contributed by atoms with Gasteiger partial charge in [0.05, 0.1) is 0 Å². The van der Waals surface area contributed by atoms with Crippen LogP contribution in [0.3, 0.4) is 0 Å². The molecule has 0 fully saturated rings. The molecule has 0 aromatic heterocycles. The van der Waals surface area contributed by atoms with Gasteiger partial charge in [-0.15, -0.1) is 0 Å². The molecule has 3 nitrogen and oxygen atoms in total. The Morgan fingerprint density at radius 3 is 2.68 bits per heavy atom. The molecular weight excluding hydrogens is 238 g/mol. The monoisotopic (exact) mass is 255 g/mol. The third-order valence-electron chi connectivity index (χ3n) is 3.05. The molecule has 0 saturated carbocycles. The molecule has 0 aliphatic heterocycles. The van der Waals surface area contributed by atoms with Crippen LogP contribution in [-0.2, 0) is 6.42 Å². The minimum atomic E-state index is -0.161. The van der Waals surface area contributed by atoms with Gasteiger partial charge in [0.15, 0.2) is 0 Å². The lowest BCUT2D eigenvalue weighted by atomic mass is 10.1. The Hall–Kier alpha value is -2.29. The largest absolute Gasteiger partial charge is 0.508 e. The topological polar surface area (TPSA) is 49.3 Å². The van der Waals surface area contributed by atoms with Crippen LogP contribution >= 0.6 is 0 Å². The SMILES string of the molecule is CCc1cccc(NC(=O)c2ccc(O)cc2C)c1. The van der Waals surface area contributed by atoms with Gasteiger partial charge in [-0.2, -0.15) is 0 Å². The van der Waals surface area contributed by atoms with Crippen molar-refractivity contribution in [2.24, 2.45) is 0 Å². The molecule has 0 radical (unpaired) electrons. The number of carbonyl (C=O) groups is 1. The van der Waals surface area contributed by atoms with Crippen LogP contribution in [0.2, 0.25) is 0 Å². The summed E-state index contributed by atoms with van der Waals surface area (Å²) in [4.78, 5) is 12.2. The lowest BCUT2D eigenvalue weighted by molar-refractivity contribution is 0.102. The van der Waals surface area contributed by atoms with Gasteiger partial charge >= 0.3 is 0 Å². The van der Waals surface area contributed by atoms with Crippen LogP contribution in [0.5, 0.6) is 5.75 Å². The first-order valence-electron chi connectivity index (χ1n) is 6.30. The summed E-state index contributed by atoms with van der Waals surface area (Å²) in [5.74, 6) is 0.00721. The van der Waals surface area contributed by atoms with Crippen LogP contribution in [0.4, 0.5) is 5.69 Å². The molecule has 0 unspecified atom stereocenters. The highest BCUT2D eigenvalue weighted by Gasteiger charge is 2.09. The van der Waals surface area contributed by atoms with Crippen LogP contribution in [0.15, 0.2) is 42.5 Å². The molecular formula is C16H17NO2. The van der Waals surface area contributed by atoms with Gasteiger partial charge in [-0.05, 0) is 54.8 Å². The van der Waals surface area contributed by atoms with Gasteiger partial charge in [-0.1, -0.05) is 19.1 Å². The molecule has 2 aromatic carbocycles. The number of anilines is 1. The van der Waals surface area contributed by atoms with Gasteiger partial charge in [0.25, 0.3) is 5.91 Å². The van der Waals surface area contributed by atoms with Crippen molar-refractivity contribution in [1.29, 1.82) is 0 Å². The predicted molar refractivity (Wildman–Crippen MR) is 76.6 cm³/mol. The highest BCUT2D eigenvalue weighted by atomic mass is 16.3. The van der Waals surface area contributed by atoms with Crippen molar-refractivity contribution in [3.05, 3.63) is 59.2 Å². The Bertz CT molecular complexity index is 605. The second kappa shape index (κ2) is 5.57. The van der Waals surface area contributed by atoms with Crippen LogP contribution in [0, 0.1) is 6.92 Å². The Morgan fingerprint density at radius 1 is 1.21 bits per heavy atom. The highest BCUT2D eigenvalue weighted by molar-refractivity contribution is 6.05. The maximum Gasteiger partial charge on any atom is 0.255 e. The number of nitrogens with one attached hydrogen (secondary N) is 1. The average Bonchev–Trinajstić information content (AvgIpc) is 2.38. The lowest BCUT2D eigenvalue weighted by Gasteiger charge is -2.09. The lowest BCUT2D eigenvalue weighted by Crippen LogP contribution is -2.13. The number of phenolic OH excluding ortho intramolecular Hbond substituents is 1. The van der Waals surface area contributed by atoms with E-state index in [1.165, 1.54) is 11.6 Å². The van der Waals surface area contributed by atoms with Gasteiger partial charge in [-0.3, -0.25) is 4.79 Å². The molecule has 1 amide bonds. The van der Waals surface area contributed by atoms with Crippen LogP contribution in [0.25, 0.3) is 0 Å². The normalized spacial score (nSPS) is 10.2. The molecule has 0 atom stereocenters. The smallest absolute Gasteiger partial charge is 0.255 e. The zero-order valence-electron chi connectivity index (χ0n) is 11.1. The molecule has 2 aromatic rings. The quantitative estimate of drug-likeness (QED) is 0.881. The summed E-state index contributed by atoms with van der Waals surface area (Å²) in [5.41, 5.74) is 3.29. The number of hydrogen-bond donors (Lipinski definition) is 2. The number of rotatable bonds is 3. The van der Waals surface area contributed by atoms with E-state index in [1.54, 1.807) is 19.1 Å². The summed E-state index contributed by atoms with van der Waals surface area (Å²) in [6.07, 6.45) is 0.932. The molecule has 2 N–H and O–H groups in total. The zero-order chi connectivity index (χ0) is 13.8. The van der Waals surface area contributed by atoms with E-state index in [0.29, 0.717) is 5.56 Å². The minimum absolute atomic E-state index is 0.161. The highest BCUT2D eigenvalue weighted by Crippen LogP contribution is 2.18. The van der Waals surface area contributed by atoms with E-state index in [1.807, 2.05) is 24.3 Å². The number of amides is 1. The third kappa shape index (κ3) is 3.13. The average molecular weight is 255 g/mol. The van der Waals surface area contributed by atoms with Crippen molar-refractivity contribution in [2.75, 3.05) is 5.32 Å². The third-order valence-corrected chi connectivity index (χ3v) is 3.05. The molecule has 98 valence electrons. The molecule has 0 aliphatic carbocycles. The number of aryl methyl sites for hydroxylation is 2.